The van der Waals surface area contributed by atoms with Gasteiger partial charge in [-0.25, -0.2) is 13.7 Å². The molecule has 164 valence electrons. The standard InChI is InChI=1S/C23H38N2O3S/c1-21(2,3)28-20(26)25-16-17(15-23(25,7)8)14-19(18-12-10-9-11-13-18)24-29(27)22(4,5)6/h9-13,17,19,24H,14-16H2,1-8H3. The molecule has 1 amide bonds. The van der Waals surface area contributed by atoms with Crippen LogP contribution >= 0.6 is 0 Å². The van der Waals surface area contributed by atoms with Crippen molar-refractivity contribution in [3.63, 3.8) is 0 Å². The molecular weight excluding hydrogens is 384 g/mol. The molecule has 1 saturated heterocycles. The maximum absolute atomic E-state index is 12.8. The second kappa shape index (κ2) is 8.76. The van der Waals surface area contributed by atoms with Gasteiger partial charge < -0.3 is 9.64 Å². The number of rotatable bonds is 5. The van der Waals surface area contributed by atoms with Crippen molar-refractivity contribution in [1.29, 1.82) is 0 Å². The van der Waals surface area contributed by atoms with Gasteiger partial charge in [-0.2, -0.15) is 0 Å². The third-order valence-electron chi connectivity index (χ3n) is 5.15. The van der Waals surface area contributed by atoms with Crippen molar-refractivity contribution in [2.75, 3.05) is 6.54 Å². The molecule has 1 aromatic carbocycles. The van der Waals surface area contributed by atoms with Crippen LogP contribution in [0.1, 0.15) is 79.8 Å². The summed E-state index contributed by atoms with van der Waals surface area (Å²) in [5, 5.41) is 0. The van der Waals surface area contributed by atoms with E-state index in [-0.39, 0.29) is 22.4 Å². The lowest BCUT2D eigenvalue weighted by Crippen LogP contribution is -2.45. The molecule has 0 spiro atoms. The van der Waals surface area contributed by atoms with Gasteiger partial charge in [0.2, 0.25) is 0 Å². The van der Waals surface area contributed by atoms with Gasteiger partial charge in [0.25, 0.3) is 0 Å². The highest BCUT2D eigenvalue weighted by Gasteiger charge is 2.43. The van der Waals surface area contributed by atoms with E-state index in [1.165, 1.54) is 0 Å². The van der Waals surface area contributed by atoms with E-state index in [4.69, 9.17) is 4.74 Å². The smallest absolute Gasteiger partial charge is 0.410 e. The Labute approximate surface area is 179 Å². The second-order valence-corrected chi connectivity index (χ2v) is 12.7. The van der Waals surface area contributed by atoms with Gasteiger partial charge in [0.05, 0.1) is 15.7 Å². The maximum atomic E-state index is 12.8. The monoisotopic (exact) mass is 422 g/mol. The van der Waals surface area contributed by atoms with Crippen LogP contribution in [0.2, 0.25) is 0 Å². The molecule has 0 radical (unpaired) electrons. The summed E-state index contributed by atoms with van der Waals surface area (Å²) in [6, 6.07) is 10.1. The van der Waals surface area contributed by atoms with Crippen LogP contribution in [-0.4, -0.2) is 37.6 Å². The van der Waals surface area contributed by atoms with Crippen molar-refractivity contribution >= 4 is 17.1 Å². The molecule has 0 bridgehead atoms. The van der Waals surface area contributed by atoms with Crippen molar-refractivity contribution in [1.82, 2.24) is 9.62 Å². The average molecular weight is 423 g/mol. The molecule has 1 fully saturated rings. The number of carbonyl (C=O) groups is 1. The van der Waals surface area contributed by atoms with Crippen LogP contribution in [0.5, 0.6) is 0 Å². The number of nitrogens with zero attached hydrogens (tertiary/aromatic N) is 1. The third kappa shape index (κ3) is 6.82. The zero-order valence-electron chi connectivity index (χ0n) is 19.2. The van der Waals surface area contributed by atoms with Crippen molar-refractivity contribution in [2.24, 2.45) is 5.92 Å². The van der Waals surface area contributed by atoms with Crippen LogP contribution in [0.15, 0.2) is 30.3 Å². The van der Waals surface area contributed by atoms with Crippen LogP contribution in [0.25, 0.3) is 0 Å². The molecule has 3 unspecified atom stereocenters. The number of carbonyl (C=O) groups excluding carboxylic acids is 1. The van der Waals surface area contributed by atoms with Crippen molar-refractivity contribution in [3.8, 4) is 0 Å². The molecule has 1 aliphatic heterocycles. The Balaban J connectivity index is 2.17. The zero-order chi connectivity index (χ0) is 22.0. The number of likely N-dealkylation sites (tertiary alicyclic amines) is 1. The fourth-order valence-electron chi connectivity index (χ4n) is 3.76. The van der Waals surface area contributed by atoms with Crippen LogP contribution in [0, 0.1) is 5.92 Å². The molecule has 1 aromatic rings. The first kappa shape index (κ1) is 23.9. The summed E-state index contributed by atoms with van der Waals surface area (Å²) in [7, 11) is -1.17. The van der Waals surface area contributed by atoms with E-state index in [1.54, 1.807) is 0 Å². The fraction of sp³-hybridized carbons (Fsp3) is 0.696. The van der Waals surface area contributed by atoms with E-state index in [0.717, 1.165) is 18.4 Å². The zero-order valence-corrected chi connectivity index (χ0v) is 20.1. The predicted octanol–water partition coefficient (Wildman–Crippen LogP) is 5.21. The number of benzene rings is 1. The highest BCUT2D eigenvalue weighted by atomic mass is 32.2. The van der Waals surface area contributed by atoms with E-state index in [1.807, 2.05) is 64.6 Å². The molecule has 1 N–H and O–H groups in total. The van der Waals surface area contributed by atoms with Crippen LogP contribution < -0.4 is 4.72 Å². The highest BCUT2D eigenvalue weighted by molar-refractivity contribution is 7.84. The first-order chi connectivity index (χ1) is 13.2. The summed E-state index contributed by atoms with van der Waals surface area (Å²) in [6.07, 6.45) is 1.45. The van der Waals surface area contributed by atoms with Crippen molar-refractivity contribution < 1.29 is 13.7 Å². The summed E-state index contributed by atoms with van der Waals surface area (Å²) < 4.78 is 21.4. The Morgan fingerprint density at radius 2 is 1.79 bits per heavy atom. The molecule has 0 aliphatic carbocycles. The summed E-state index contributed by atoms with van der Waals surface area (Å²) in [5.41, 5.74) is 0.346. The molecule has 3 atom stereocenters. The van der Waals surface area contributed by atoms with Gasteiger partial charge in [-0.05, 0) is 79.7 Å². The van der Waals surface area contributed by atoms with E-state index in [9.17, 15) is 9.00 Å². The number of nitrogens with one attached hydrogen (secondary N) is 1. The first-order valence-electron chi connectivity index (χ1n) is 10.4. The van der Waals surface area contributed by atoms with Crippen molar-refractivity contribution in [3.05, 3.63) is 35.9 Å². The van der Waals surface area contributed by atoms with Crippen LogP contribution in [0.4, 0.5) is 4.79 Å². The van der Waals surface area contributed by atoms with E-state index >= 15 is 0 Å². The average Bonchev–Trinajstić information content (AvgIpc) is 2.87. The lowest BCUT2D eigenvalue weighted by molar-refractivity contribution is 0.0130. The predicted molar refractivity (Wildman–Crippen MR) is 120 cm³/mol. The van der Waals surface area contributed by atoms with Gasteiger partial charge in [0, 0.05) is 18.1 Å². The molecule has 29 heavy (non-hydrogen) atoms. The lowest BCUT2D eigenvalue weighted by Gasteiger charge is -2.33. The minimum atomic E-state index is -1.17. The second-order valence-electron chi connectivity index (χ2n) is 10.7. The Bertz CT molecular complexity index is 720. The normalized spacial score (nSPS) is 21.7. The molecule has 1 heterocycles. The quantitative estimate of drug-likeness (QED) is 0.709. The van der Waals surface area contributed by atoms with Crippen LogP contribution in [-0.2, 0) is 15.7 Å². The minimum Gasteiger partial charge on any atom is -0.444 e. The van der Waals surface area contributed by atoms with Gasteiger partial charge in [-0.3, -0.25) is 0 Å². The summed E-state index contributed by atoms with van der Waals surface area (Å²) >= 11 is 0. The molecule has 0 aromatic heterocycles. The topological polar surface area (TPSA) is 58.6 Å². The summed E-state index contributed by atoms with van der Waals surface area (Å²) in [5.74, 6) is 0.298. The van der Waals surface area contributed by atoms with E-state index < -0.39 is 16.6 Å². The minimum absolute atomic E-state index is 0.0318. The van der Waals surface area contributed by atoms with Gasteiger partial charge in [-0.15, -0.1) is 0 Å². The maximum Gasteiger partial charge on any atom is 0.410 e. The van der Waals surface area contributed by atoms with Gasteiger partial charge in [-0.1, -0.05) is 30.3 Å². The Morgan fingerprint density at radius 1 is 1.21 bits per heavy atom. The Hall–Kier alpha value is -1.40. The van der Waals surface area contributed by atoms with E-state index in [0.29, 0.717) is 12.5 Å². The SMILES string of the molecule is CC(C)(C)OC(=O)N1CC(CC(NS(=O)C(C)(C)C)c2ccccc2)CC1(C)C. The van der Waals surface area contributed by atoms with Crippen LogP contribution in [0.3, 0.4) is 0 Å². The largest absolute Gasteiger partial charge is 0.444 e. The number of hydrogen-bond donors (Lipinski definition) is 1. The lowest BCUT2D eigenvalue weighted by atomic mass is 9.90. The highest BCUT2D eigenvalue weighted by Crippen LogP contribution is 2.38. The fourth-order valence-corrected chi connectivity index (χ4v) is 4.60. The van der Waals surface area contributed by atoms with Crippen molar-refractivity contribution in [2.45, 2.75) is 90.2 Å². The molecule has 5 nitrogen and oxygen atoms in total. The molecule has 6 heteroatoms. The first-order valence-corrected chi connectivity index (χ1v) is 11.6. The summed E-state index contributed by atoms with van der Waals surface area (Å²) in [4.78, 5) is 14.6. The van der Waals surface area contributed by atoms with Gasteiger partial charge in [0.1, 0.15) is 5.60 Å². The van der Waals surface area contributed by atoms with Gasteiger partial charge in [0.15, 0.2) is 0 Å². The molecule has 0 saturated carbocycles. The summed E-state index contributed by atoms with van der Waals surface area (Å²) in [6.45, 7) is 16.4. The molecular formula is C23H38N2O3S. The Kier molecular flexibility index (Phi) is 7.21. The number of amides is 1. The molecule has 1 aliphatic rings. The Morgan fingerprint density at radius 3 is 2.31 bits per heavy atom. The molecule has 2 rings (SSSR count). The third-order valence-corrected chi connectivity index (χ3v) is 6.76. The number of ether oxygens (including phenoxy) is 1. The van der Waals surface area contributed by atoms with Gasteiger partial charge >= 0.3 is 6.09 Å². The number of hydrogen-bond acceptors (Lipinski definition) is 3. The van der Waals surface area contributed by atoms with E-state index in [2.05, 4.69) is 30.7 Å².